The molecule has 3 aromatic carbocycles. The lowest BCUT2D eigenvalue weighted by atomic mass is 9.86. The van der Waals surface area contributed by atoms with Crippen LogP contribution in [0.4, 0.5) is 0 Å². The Morgan fingerprint density at radius 3 is 2.64 bits per heavy atom. The molecular formula is C29H25N3O4. The smallest absolute Gasteiger partial charge is 0.246 e. The number of ether oxygens (including phenoxy) is 2. The molecule has 0 aliphatic carbocycles. The van der Waals surface area contributed by atoms with Crippen LogP contribution in [0.3, 0.4) is 0 Å². The number of aryl methyl sites for hydroxylation is 1. The van der Waals surface area contributed by atoms with Crippen molar-refractivity contribution in [2.75, 3.05) is 13.3 Å². The summed E-state index contributed by atoms with van der Waals surface area (Å²) in [6, 6.07) is 21.2. The van der Waals surface area contributed by atoms with E-state index in [9.17, 15) is 9.59 Å². The van der Waals surface area contributed by atoms with E-state index in [2.05, 4.69) is 41.4 Å². The Hall–Kier alpha value is -4.26. The number of amides is 2. The quantitative estimate of drug-likeness (QED) is 0.480. The molecule has 7 heteroatoms. The first-order chi connectivity index (χ1) is 17.6. The van der Waals surface area contributed by atoms with Gasteiger partial charge in [-0.3, -0.25) is 9.59 Å². The van der Waals surface area contributed by atoms with Crippen LogP contribution in [-0.2, 0) is 22.6 Å². The lowest BCUT2D eigenvalue weighted by molar-refractivity contribution is -0.159. The fourth-order valence-corrected chi connectivity index (χ4v) is 5.81. The molecule has 7 nitrogen and oxygen atoms in total. The molecule has 0 radical (unpaired) electrons. The molecule has 0 saturated carbocycles. The molecule has 180 valence electrons. The maximum Gasteiger partial charge on any atom is 0.246 e. The molecule has 0 unspecified atom stereocenters. The van der Waals surface area contributed by atoms with Gasteiger partial charge in [0.15, 0.2) is 11.5 Å². The van der Waals surface area contributed by atoms with Gasteiger partial charge in [-0.05, 0) is 41.8 Å². The van der Waals surface area contributed by atoms with E-state index in [4.69, 9.17) is 9.47 Å². The number of aromatic amines is 1. The Morgan fingerprint density at radius 2 is 1.78 bits per heavy atom. The molecule has 0 bridgehead atoms. The summed E-state index contributed by atoms with van der Waals surface area (Å²) in [4.78, 5) is 34.7. The fraction of sp³-hybridized carbons (Fsp3) is 0.241. The molecular weight excluding hydrogens is 454 g/mol. The Bertz CT molecular complexity index is 1520. The second kappa shape index (κ2) is 7.88. The first kappa shape index (κ1) is 21.1. The normalized spacial score (nSPS) is 20.6. The van der Waals surface area contributed by atoms with Crippen molar-refractivity contribution in [2.24, 2.45) is 0 Å². The van der Waals surface area contributed by atoms with Gasteiger partial charge in [-0.2, -0.15) is 0 Å². The first-order valence-corrected chi connectivity index (χ1v) is 12.2. The minimum atomic E-state index is -0.557. The third-order valence-corrected chi connectivity index (χ3v) is 7.55. The monoisotopic (exact) mass is 479 g/mol. The highest BCUT2D eigenvalue weighted by molar-refractivity contribution is 5.97. The molecule has 2 atom stereocenters. The topological polar surface area (TPSA) is 74.9 Å². The van der Waals surface area contributed by atoms with Crippen LogP contribution in [0.1, 0.15) is 34.0 Å². The van der Waals surface area contributed by atoms with E-state index >= 15 is 0 Å². The number of aromatic nitrogens is 1. The van der Waals surface area contributed by atoms with Crippen molar-refractivity contribution >= 4 is 22.7 Å². The van der Waals surface area contributed by atoms with Gasteiger partial charge in [-0.15, -0.1) is 0 Å². The molecule has 3 aliphatic heterocycles. The van der Waals surface area contributed by atoms with E-state index in [0.717, 1.165) is 38.9 Å². The molecule has 1 aromatic heterocycles. The SMILES string of the molecule is Cc1ccc([C@@H]2c3[nH]c4ccccc4c3C[C@H]3C(=O)N(Cc4ccc5c(c4)OCO5)CC(=O)N23)cc1. The number of fused-ring (bicyclic) bond motifs is 5. The number of piperazine rings is 1. The number of hydrogen-bond acceptors (Lipinski definition) is 4. The van der Waals surface area contributed by atoms with Crippen molar-refractivity contribution in [3.63, 3.8) is 0 Å². The maximum absolute atomic E-state index is 13.9. The molecule has 36 heavy (non-hydrogen) atoms. The van der Waals surface area contributed by atoms with E-state index in [1.54, 1.807) is 9.80 Å². The summed E-state index contributed by atoms with van der Waals surface area (Å²) in [5.41, 5.74) is 6.21. The summed E-state index contributed by atoms with van der Waals surface area (Å²) in [6.07, 6.45) is 0.490. The largest absolute Gasteiger partial charge is 0.454 e. The Balaban J connectivity index is 1.29. The van der Waals surface area contributed by atoms with E-state index in [-0.39, 0.29) is 31.2 Å². The van der Waals surface area contributed by atoms with Crippen LogP contribution in [-0.4, -0.2) is 46.0 Å². The molecule has 7 rings (SSSR count). The van der Waals surface area contributed by atoms with E-state index in [0.29, 0.717) is 24.5 Å². The van der Waals surface area contributed by atoms with Crippen molar-refractivity contribution in [2.45, 2.75) is 32.0 Å². The standard InChI is InChI=1S/C29H25N3O4/c1-17-6-9-19(10-7-17)28-27-21(20-4-2-3-5-22(20)30-27)13-23-29(34)31(15-26(33)32(23)28)14-18-8-11-24-25(12-18)36-16-35-24/h2-12,23,28,30H,13-16H2,1H3/t23-,28+/m0/s1. The van der Waals surface area contributed by atoms with E-state index in [1.807, 2.05) is 37.3 Å². The number of para-hydroxylation sites is 1. The Morgan fingerprint density at radius 1 is 0.972 bits per heavy atom. The average Bonchev–Trinajstić information content (AvgIpc) is 3.50. The maximum atomic E-state index is 13.9. The predicted octanol–water partition coefficient (Wildman–Crippen LogP) is 4.09. The first-order valence-electron chi connectivity index (χ1n) is 12.2. The zero-order valence-electron chi connectivity index (χ0n) is 19.9. The van der Waals surface area contributed by atoms with Crippen molar-refractivity contribution in [3.8, 4) is 11.5 Å². The Kier molecular flexibility index (Phi) is 4.61. The van der Waals surface area contributed by atoms with Gasteiger partial charge in [0.1, 0.15) is 12.6 Å². The Labute approximate surface area is 208 Å². The second-order valence-corrected chi connectivity index (χ2v) is 9.78. The number of carbonyl (C=O) groups excluding carboxylic acids is 2. The summed E-state index contributed by atoms with van der Waals surface area (Å²) in [5, 5.41) is 1.11. The van der Waals surface area contributed by atoms with Crippen LogP contribution in [0.25, 0.3) is 10.9 Å². The van der Waals surface area contributed by atoms with Gasteiger partial charge in [0, 0.05) is 29.6 Å². The number of benzene rings is 3. The highest BCUT2D eigenvalue weighted by atomic mass is 16.7. The summed E-state index contributed by atoms with van der Waals surface area (Å²) < 4.78 is 10.9. The van der Waals surface area contributed by atoms with Gasteiger partial charge in [0.25, 0.3) is 0 Å². The van der Waals surface area contributed by atoms with Crippen LogP contribution in [0.5, 0.6) is 11.5 Å². The number of carbonyl (C=O) groups is 2. The van der Waals surface area contributed by atoms with Gasteiger partial charge in [-0.25, -0.2) is 0 Å². The minimum Gasteiger partial charge on any atom is -0.454 e. The number of hydrogen-bond donors (Lipinski definition) is 1. The van der Waals surface area contributed by atoms with Gasteiger partial charge >= 0.3 is 0 Å². The fourth-order valence-electron chi connectivity index (χ4n) is 5.81. The lowest BCUT2D eigenvalue weighted by Gasteiger charge is -2.47. The van der Waals surface area contributed by atoms with Gasteiger partial charge in [0.05, 0.1) is 6.04 Å². The second-order valence-electron chi connectivity index (χ2n) is 9.78. The zero-order chi connectivity index (χ0) is 24.4. The highest BCUT2D eigenvalue weighted by Crippen LogP contribution is 2.43. The molecule has 4 heterocycles. The van der Waals surface area contributed by atoms with Crippen LogP contribution < -0.4 is 9.47 Å². The van der Waals surface area contributed by atoms with Crippen molar-refractivity contribution in [1.82, 2.24) is 14.8 Å². The van der Waals surface area contributed by atoms with E-state index < -0.39 is 6.04 Å². The molecule has 3 aliphatic rings. The zero-order valence-corrected chi connectivity index (χ0v) is 19.9. The lowest BCUT2D eigenvalue weighted by Crippen LogP contribution is -2.62. The number of rotatable bonds is 3. The molecule has 2 amide bonds. The minimum absolute atomic E-state index is 0.0275. The number of nitrogens with one attached hydrogen (secondary N) is 1. The van der Waals surface area contributed by atoms with Crippen LogP contribution >= 0.6 is 0 Å². The molecule has 1 saturated heterocycles. The van der Waals surface area contributed by atoms with Gasteiger partial charge < -0.3 is 24.3 Å². The molecule has 1 fully saturated rings. The summed E-state index contributed by atoms with van der Waals surface area (Å²) in [7, 11) is 0. The number of nitrogens with zero attached hydrogens (tertiary/aromatic N) is 2. The summed E-state index contributed by atoms with van der Waals surface area (Å²) in [5.74, 6) is 1.30. The highest BCUT2D eigenvalue weighted by Gasteiger charge is 2.48. The third-order valence-electron chi connectivity index (χ3n) is 7.55. The predicted molar refractivity (Wildman–Crippen MR) is 134 cm³/mol. The van der Waals surface area contributed by atoms with Crippen molar-refractivity contribution in [1.29, 1.82) is 0 Å². The molecule has 1 N–H and O–H groups in total. The van der Waals surface area contributed by atoms with Gasteiger partial charge in [0.2, 0.25) is 18.6 Å². The summed E-state index contributed by atoms with van der Waals surface area (Å²) >= 11 is 0. The number of H-pyrrole nitrogens is 1. The molecule has 4 aromatic rings. The molecule has 0 spiro atoms. The van der Waals surface area contributed by atoms with Gasteiger partial charge in [-0.1, -0.05) is 54.1 Å². The average molecular weight is 480 g/mol. The summed E-state index contributed by atoms with van der Waals surface area (Å²) in [6.45, 7) is 2.64. The van der Waals surface area contributed by atoms with E-state index in [1.165, 1.54) is 0 Å². The van der Waals surface area contributed by atoms with Crippen molar-refractivity contribution in [3.05, 3.63) is 94.7 Å². The van der Waals surface area contributed by atoms with Crippen LogP contribution in [0, 0.1) is 6.92 Å². The van der Waals surface area contributed by atoms with Crippen LogP contribution in [0.15, 0.2) is 66.7 Å². The van der Waals surface area contributed by atoms with Crippen LogP contribution in [0.2, 0.25) is 0 Å². The van der Waals surface area contributed by atoms with Crippen molar-refractivity contribution < 1.29 is 19.1 Å². The third kappa shape index (κ3) is 3.19.